The molecule has 2 aromatic rings. The first-order valence-electron chi connectivity index (χ1n) is 6.43. The largest absolute Gasteiger partial charge is 0.492 e. The Kier molecular flexibility index (Phi) is 3.41. The lowest BCUT2D eigenvalue weighted by atomic mass is 9.98. The molecule has 0 fully saturated rings. The van der Waals surface area contributed by atoms with E-state index in [4.69, 9.17) is 16.3 Å². The Labute approximate surface area is 125 Å². The molecule has 21 heavy (non-hydrogen) atoms. The molecule has 2 aromatic carbocycles. The van der Waals surface area contributed by atoms with Crippen LogP contribution in [0.4, 0.5) is 8.78 Å². The molecule has 0 N–H and O–H groups in total. The van der Waals surface area contributed by atoms with Gasteiger partial charge in [0.15, 0.2) is 5.78 Å². The van der Waals surface area contributed by atoms with Gasteiger partial charge >= 0.3 is 0 Å². The van der Waals surface area contributed by atoms with Gasteiger partial charge in [-0.3, -0.25) is 4.79 Å². The molecule has 0 bridgehead atoms. The summed E-state index contributed by atoms with van der Waals surface area (Å²) in [5.74, 6) is -1.70. The van der Waals surface area contributed by atoms with E-state index < -0.39 is 17.4 Å². The summed E-state index contributed by atoms with van der Waals surface area (Å²) in [5.41, 5.74) is 1.05. The molecular weight excluding hydrogens is 298 g/mol. The number of hydrogen-bond acceptors (Lipinski definition) is 2. The number of benzene rings is 2. The van der Waals surface area contributed by atoms with Crippen LogP contribution in [0.2, 0.25) is 5.02 Å². The Hall–Kier alpha value is -1.94. The van der Waals surface area contributed by atoms with Crippen LogP contribution in [0.15, 0.2) is 24.3 Å². The molecule has 108 valence electrons. The van der Waals surface area contributed by atoms with Gasteiger partial charge in [-0.1, -0.05) is 11.6 Å². The van der Waals surface area contributed by atoms with Crippen LogP contribution in [-0.2, 0) is 6.42 Å². The summed E-state index contributed by atoms with van der Waals surface area (Å²) < 4.78 is 32.6. The summed E-state index contributed by atoms with van der Waals surface area (Å²) in [6.45, 7) is 1.94. The molecular formula is C16H11ClF2O2. The first-order valence-corrected chi connectivity index (χ1v) is 6.80. The SMILES string of the molecule is Cc1cc(C(=O)c2cc(Cl)cc3c2OCC3)c(F)cc1F. The Bertz CT molecular complexity index is 756. The number of carbonyl (C=O) groups is 1. The monoisotopic (exact) mass is 308 g/mol. The molecule has 1 aliphatic rings. The van der Waals surface area contributed by atoms with E-state index in [1.54, 1.807) is 6.07 Å². The molecule has 0 aliphatic carbocycles. The van der Waals surface area contributed by atoms with E-state index >= 15 is 0 Å². The maximum absolute atomic E-state index is 13.9. The van der Waals surface area contributed by atoms with Crippen LogP contribution in [0, 0.1) is 18.6 Å². The van der Waals surface area contributed by atoms with Gasteiger partial charge in [0.25, 0.3) is 0 Å². The van der Waals surface area contributed by atoms with E-state index in [1.807, 2.05) is 0 Å². The third-order valence-electron chi connectivity index (χ3n) is 3.49. The van der Waals surface area contributed by atoms with Crippen LogP contribution in [0.5, 0.6) is 5.75 Å². The lowest BCUT2D eigenvalue weighted by molar-refractivity contribution is 0.103. The minimum atomic E-state index is -0.894. The zero-order valence-corrected chi connectivity index (χ0v) is 11.9. The second-order valence-corrected chi connectivity index (χ2v) is 5.39. The van der Waals surface area contributed by atoms with Crippen molar-refractivity contribution < 1.29 is 18.3 Å². The quantitative estimate of drug-likeness (QED) is 0.781. The van der Waals surface area contributed by atoms with Gasteiger partial charge in [-0.25, -0.2) is 8.78 Å². The van der Waals surface area contributed by atoms with Crippen LogP contribution >= 0.6 is 11.6 Å². The van der Waals surface area contributed by atoms with Gasteiger partial charge in [-0.05, 0) is 36.2 Å². The van der Waals surface area contributed by atoms with Crippen molar-refractivity contribution >= 4 is 17.4 Å². The standard InChI is InChI=1S/C16H11ClF2O2/c1-8-4-11(14(19)7-13(8)18)15(20)12-6-10(17)5-9-2-3-21-16(9)12/h4-7H,2-3H2,1H3. The van der Waals surface area contributed by atoms with Gasteiger partial charge in [0, 0.05) is 17.5 Å². The molecule has 0 radical (unpaired) electrons. The Balaban J connectivity index is 2.14. The second kappa shape index (κ2) is 5.11. The van der Waals surface area contributed by atoms with E-state index in [-0.39, 0.29) is 16.7 Å². The first kappa shape index (κ1) is 14.0. The first-order chi connectivity index (χ1) is 9.97. The summed E-state index contributed by atoms with van der Waals surface area (Å²) in [4.78, 5) is 12.5. The van der Waals surface area contributed by atoms with Gasteiger partial charge < -0.3 is 4.74 Å². The van der Waals surface area contributed by atoms with Crippen molar-refractivity contribution in [3.63, 3.8) is 0 Å². The fourth-order valence-corrected chi connectivity index (χ4v) is 2.66. The summed E-state index contributed by atoms with van der Waals surface area (Å²) in [7, 11) is 0. The van der Waals surface area contributed by atoms with E-state index in [0.29, 0.717) is 29.9 Å². The molecule has 1 aliphatic heterocycles. The van der Waals surface area contributed by atoms with Gasteiger partial charge in [-0.2, -0.15) is 0 Å². The van der Waals surface area contributed by atoms with Crippen LogP contribution in [0.3, 0.4) is 0 Å². The van der Waals surface area contributed by atoms with Gasteiger partial charge in [0.05, 0.1) is 17.7 Å². The van der Waals surface area contributed by atoms with E-state index in [1.165, 1.54) is 19.1 Å². The second-order valence-electron chi connectivity index (χ2n) is 4.95. The number of ether oxygens (including phenoxy) is 1. The molecule has 1 heterocycles. The number of halogens is 3. The lowest BCUT2D eigenvalue weighted by Crippen LogP contribution is -2.07. The number of rotatable bonds is 2. The van der Waals surface area contributed by atoms with Crippen LogP contribution in [-0.4, -0.2) is 12.4 Å². The van der Waals surface area contributed by atoms with Crippen molar-refractivity contribution in [2.75, 3.05) is 6.61 Å². The molecule has 0 amide bonds. The fraction of sp³-hybridized carbons (Fsp3) is 0.188. The number of aryl methyl sites for hydroxylation is 1. The van der Waals surface area contributed by atoms with Crippen molar-refractivity contribution in [1.29, 1.82) is 0 Å². The Morgan fingerprint density at radius 2 is 1.90 bits per heavy atom. The zero-order valence-electron chi connectivity index (χ0n) is 11.2. The van der Waals surface area contributed by atoms with Gasteiger partial charge in [0.1, 0.15) is 17.4 Å². The third-order valence-corrected chi connectivity index (χ3v) is 3.70. The highest BCUT2D eigenvalue weighted by Crippen LogP contribution is 2.34. The van der Waals surface area contributed by atoms with E-state index in [0.717, 1.165) is 5.56 Å². The topological polar surface area (TPSA) is 26.3 Å². The average Bonchev–Trinajstić information content (AvgIpc) is 2.89. The smallest absolute Gasteiger partial charge is 0.199 e. The molecule has 0 aromatic heterocycles. The minimum Gasteiger partial charge on any atom is -0.492 e. The highest BCUT2D eigenvalue weighted by atomic mass is 35.5. The van der Waals surface area contributed by atoms with Crippen LogP contribution < -0.4 is 4.74 Å². The molecule has 0 saturated carbocycles. The molecule has 0 saturated heterocycles. The number of ketones is 1. The minimum absolute atomic E-state index is 0.186. The van der Waals surface area contributed by atoms with E-state index in [2.05, 4.69) is 0 Å². The molecule has 5 heteroatoms. The zero-order chi connectivity index (χ0) is 15.1. The van der Waals surface area contributed by atoms with Crippen molar-refractivity contribution in [2.24, 2.45) is 0 Å². The number of hydrogen-bond donors (Lipinski definition) is 0. The summed E-state index contributed by atoms with van der Waals surface area (Å²) in [6, 6.07) is 5.10. The van der Waals surface area contributed by atoms with Gasteiger partial charge in [0.2, 0.25) is 0 Å². The predicted molar refractivity (Wildman–Crippen MR) is 75.2 cm³/mol. The molecule has 3 rings (SSSR count). The molecule has 2 nitrogen and oxygen atoms in total. The summed E-state index contributed by atoms with van der Waals surface area (Å²) in [5, 5.41) is 0.391. The van der Waals surface area contributed by atoms with Crippen molar-refractivity contribution in [3.8, 4) is 5.75 Å². The maximum atomic E-state index is 13.9. The maximum Gasteiger partial charge on any atom is 0.199 e. The van der Waals surface area contributed by atoms with Crippen molar-refractivity contribution in [1.82, 2.24) is 0 Å². The fourth-order valence-electron chi connectivity index (χ4n) is 2.41. The highest BCUT2D eigenvalue weighted by molar-refractivity contribution is 6.31. The number of fused-ring (bicyclic) bond motifs is 1. The Morgan fingerprint density at radius 3 is 2.67 bits per heavy atom. The summed E-state index contributed by atoms with van der Waals surface area (Å²) in [6.07, 6.45) is 0.654. The van der Waals surface area contributed by atoms with Crippen molar-refractivity contribution in [2.45, 2.75) is 13.3 Å². The average molecular weight is 309 g/mol. The summed E-state index contributed by atoms with van der Waals surface area (Å²) >= 11 is 5.99. The Morgan fingerprint density at radius 1 is 1.14 bits per heavy atom. The molecule has 0 spiro atoms. The molecule has 0 unspecified atom stereocenters. The van der Waals surface area contributed by atoms with Gasteiger partial charge in [-0.15, -0.1) is 0 Å². The highest BCUT2D eigenvalue weighted by Gasteiger charge is 2.25. The third kappa shape index (κ3) is 2.40. The van der Waals surface area contributed by atoms with Crippen LogP contribution in [0.1, 0.15) is 27.0 Å². The predicted octanol–water partition coefficient (Wildman–Crippen LogP) is 4.09. The number of carbonyl (C=O) groups excluding carboxylic acids is 1. The van der Waals surface area contributed by atoms with E-state index in [9.17, 15) is 13.6 Å². The molecule has 0 atom stereocenters. The normalized spacial score (nSPS) is 13.0. The van der Waals surface area contributed by atoms with Crippen LogP contribution in [0.25, 0.3) is 0 Å². The van der Waals surface area contributed by atoms with Crippen molar-refractivity contribution in [3.05, 3.63) is 63.2 Å². The lowest BCUT2D eigenvalue weighted by Gasteiger charge is -2.10.